The lowest BCUT2D eigenvalue weighted by atomic mass is 10.0. The van der Waals surface area contributed by atoms with Gasteiger partial charge < -0.3 is 19.7 Å². The van der Waals surface area contributed by atoms with Crippen LogP contribution in [0.3, 0.4) is 0 Å². The van der Waals surface area contributed by atoms with Gasteiger partial charge in [-0.25, -0.2) is 0 Å². The second kappa shape index (κ2) is 7.98. The smallest absolute Gasteiger partial charge is 0.227 e. The van der Waals surface area contributed by atoms with Gasteiger partial charge in [0.25, 0.3) is 0 Å². The lowest BCUT2D eigenvalue weighted by Gasteiger charge is -2.22. The van der Waals surface area contributed by atoms with Crippen LogP contribution in [0.2, 0.25) is 0 Å². The second-order valence-electron chi connectivity index (χ2n) is 7.61. The summed E-state index contributed by atoms with van der Waals surface area (Å²) in [4.78, 5) is 26.6. The minimum absolute atomic E-state index is 0.0309. The second-order valence-corrected chi connectivity index (χ2v) is 7.61. The fraction of sp³-hybridized carbons (Fsp3) is 0.600. The molecule has 26 heavy (non-hydrogen) atoms. The van der Waals surface area contributed by atoms with E-state index in [2.05, 4.69) is 19.2 Å². The molecule has 0 radical (unpaired) electrons. The van der Waals surface area contributed by atoms with E-state index in [-0.39, 0.29) is 30.2 Å². The third kappa shape index (κ3) is 4.29. The van der Waals surface area contributed by atoms with Crippen molar-refractivity contribution in [3.63, 3.8) is 0 Å². The van der Waals surface area contributed by atoms with E-state index in [0.29, 0.717) is 37.2 Å². The fourth-order valence-corrected chi connectivity index (χ4v) is 3.35. The van der Waals surface area contributed by atoms with Gasteiger partial charge in [0.1, 0.15) is 13.2 Å². The van der Waals surface area contributed by atoms with Gasteiger partial charge in [0.2, 0.25) is 11.8 Å². The molecule has 0 saturated carbocycles. The number of carbonyl (C=O) groups is 2. The predicted molar refractivity (Wildman–Crippen MR) is 99.6 cm³/mol. The summed E-state index contributed by atoms with van der Waals surface area (Å²) < 4.78 is 11.1. The predicted octanol–water partition coefficient (Wildman–Crippen LogP) is 2.75. The van der Waals surface area contributed by atoms with Crippen LogP contribution in [0.1, 0.15) is 40.0 Å². The molecule has 0 spiro atoms. The van der Waals surface area contributed by atoms with E-state index in [1.54, 1.807) is 4.90 Å². The van der Waals surface area contributed by atoms with Crippen LogP contribution in [-0.2, 0) is 9.59 Å². The molecule has 2 atom stereocenters. The number of carbonyl (C=O) groups excluding carboxylic acids is 2. The average Bonchev–Trinajstić information content (AvgIpc) is 3.01. The molecule has 0 bridgehead atoms. The molecular weight excluding hydrogens is 332 g/mol. The number of amides is 2. The first-order valence-electron chi connectivity index (χ1n) is 9.44. The summed E-state index contributed by atoms with van der Waals surface area (Å²) in [6, 6.07) is 5.61. The molecule has 6 nitrogen and oxygen atoms in total. The minimum atomic E-state index is -0.308. The number of hydrogen-bond donors (Lipinski definition) is 1. The van der Waals surface area contributed by atoms with Gasteiger partial charge in [-0.3, -0.25) is 9.59 Å². The van der Waals surface area contributed by atoms with E-state index in [9.17, 15) is 9.59 Å². The SMILES string of the molecule is CC(C)CCC(C)NC(=O)C1CC(=O)N(c2ccc3c(c2)OCCO3)C1. The van der Waals surface area contributed by atoms with Crippen LogP contribution in [0.25, 0.3) is 0 Å². The molecule has 6 heteroatoms. The quantitative estimate of drug-likeness (QED) is 0.847. The number of anilines is 1. The maximum absolute atomic E-state index is 12.5. The maximum Gasteiger partial charge on any atom is 0.227 e. The standard InChI is InChI=1S/C20H28N2O4/c1-13(2)4-5-14(3)21-20(24)15-10-19(23)22(12-15)16-6-7-17-18(11-16)26-9-8-25-17/h6-7,11,13-15H,4-5,8-10,12H2,1-3H3,(H,21,24). The first-order chi connectivity index (χ1) is 12.4. The summed E-state index contributed by atoms with van der Waals surface area (Å²) in [5.41, 5.74) is 0.752. The Balaban J connectivity index is 1.60. The van der Waals surface area contributed by atoms with Gasteiger partial charge in [0.15, 0.2) is 11.5 Å². The van der Waals surface area contributed by atoms with Crippen molar-refractivity contribution in [2.75, 3.05) is 24.7 Å². The highest BCUT2D eigenvalue weighted by Gasteiger charge is 2.35. The molecule has 1 aromatic rings. The molecule has 1 fully saturated rings. The number of fused-ring (bicyclic) bond motifs is 1. The number of nitrogens with one attached hydrogen (secondary N) is 1. The molecule has 142 valence electrons. The Hall–Kier alpha value is -2.24. The zero-order valence-electron chi connectivity index (χ0n) is 15.8. The van der Waals surface area contributed by atoms with Gasteiger partial charge in [-0.05, 0) is 37.8 Å². The molecule has 3 rings (SSSR count). The Kier molecular flexibility index (Phi) is 5.69. The van der Waals surface area contributed by atoms with E-state index < -0.39 is 0 Å². The van der Waals surface area contributed by atoms with Crippen molar-refractivity contribution in [3.8, 4) is 11.5 Å². The lowest BCUT2D eigenvalue weighted by molar-refractivity contribution is -0.126. The molecule has 0 aliphatic carbocycles. The first-order valence-corrected chi connectivity index (χ1v) is 9.44. The van der Waals surface area contributed by atoms with E-state index in [1.165, 1.54) is 0 Å². The number of rotatable bonds is 6. The topological polar surface area (TPSA) is 67.9 Å². The molecule has 2 aliphatic heterocycles. The summed E-state index contributed by atoms with van der Waals surface area (Å²) in [6.45, 7) is 7.82. The van der Waals surface area contributed by atoms with Gasteiger partial charge in [-0.1, -0.05) is 13.8 Å². The highest BCUT2D eigenvalue weighted by Crippen LogP contribution is 2.36. The maximum atomic E-state index is 12.5. The molecular formula is C20H28N2O4. The van der Waals surface area contributed by atoms with Gasteiger partial charge >= 0.3 is 0 Å². The number of nitrogens with zero attached hydrogens (tertiary/aromatic N) is 1. The minimum Gasteiger partial charge on any atom is -0.486 e. The van der Waals surface area contributed by atoms with Crippen molar-refractivity contribution >= 4 is 17.5 Å². The van der Waals surface area contributed by atoms with Crippen LogP contribution < -0.4 is 19.7 Å². The molecule has 0 aromatic heterocycles. The van der Waals surface area contributed by atoms with Crippen LogP contribution in [-0.4, -0.2) is 37.6 Å². The van der Waals surface area contributed by atoms with Crippen LogP contribution in [0.4, 0.5) is 5.69 Å². The Labute approximate surface area is 154 Å². The van der Waals surface area contributed by atoms with Crippen LogP contribution in [0.5, 0.6) is 11.5 Å². The van der Waals surface area contributed by atoms with E-state index in [4.69, 9.17) is 9.47 Å². The van der Waals surface area contributed by atoms with Crippen LogP contribution in [0.15, 0.2) is 18.2 Å². The fourth-order valence-electron chi connectivity index (χ4n) is 3.35. The number of ether oxygens (including phenoxy) is 2. The Morgan fingerprint density at radius 1 is 1.19 bits per heavy atom. The highest BCUT2D eigenvalue weighted by molar-refractivity contribution is 6.00. The van der Waals surface area contributed by atoms with Crippen molar-refractivity contribution < 1.29 is 19.1 Å². The van der Waals surface area contributed by atoms with E-state index in [1.807, 2.05) is 25.1 Å². The zero-order chi connectivity index (χ0) is 18.7. The van der Waals surface area contributed by atoms with E-state index >= 15 is 0 Å². The van der Waals surface area contributed by atoms with Crippen LogP contribution in [0, 0.1) is 11.8 Å². The van der Waals surface area contributed by atoms with Crippen molar-refractivity contribution in [3.05, 3.63) is 18.2 Å². The Bertz CT molecular complexity index is 674. The molecule has 2 heterocycles. The highest BCUT2D eigenvalue weighted by atomic mass is 16.6. The largest absolute Gasteiger partial charge is 0.486 e. The summed E-state index contributed by atoms with van der Waals surface area (Å²) >= 11 is 0. The van der Waals surface area contributed by atoms with E-state index in [0.717, 1.165) is 18.5 Å². The molecule has 2 aliphatic rings. The third-order valence-electron chi connectivity index (χ3n) is 4.90. The first kappa shape index (κ1) is 18.5. The Morgan fingerprint density at radius 3 is 2.65 bits per heavy atom. The number of hydrogen-bond acceptors (Lipinski definition) is 4. The normalized spacial score (nSPS) is 20.4. The molecule has 2 unspecified atom stereocenters. The monoisotopic (exact) mass is 360 g/mol. The summed E-state index contributed by atoms with van der Waals surface area (Å²) in [6.07, 6.45) is 2.28. The van der Waals surface area contributed by atoms with Crippen LogP contribution >= 0.6 is 0 Å². The van der Waals surface area contributed by atoms with Crippen molar-refractivity contribution in [1.29, 1.82) is 0 Å². The summed E-state index contributed by atoms with van der Waals surface area (Å²) in [7, 11) is 0. The third-order valence-corrected chi connectivity index (χ3v) is 4.90. The number of benzene rings is 1. The van der Waals surface area contributed by atoms with Gasteiger partial charge in [-0.2, -0.15) is 0 Å². The summed E-state index contributed by atoms with van der Waals surface area (Å²) in [5, 5.41) is 3.06. The molecule has 1 saturated heterocycles. The zero-order valence-corrected chi connectivity index (χ0v) is 15.8. The summed E-state index contributed by atoms with van der Waals surface area (Å²) in [5.74, 6) is 1.59. The molecule has 2 amide bonds. The van der Waals surface area contributed by atoms with Gasteiger partial charge in [0.05, 0.1) is 5.92 Å². The Morgan fingerprint density at radius 2 is 1.92 bits per heavy atom. The molecule has 1 N–H and O–H groups in total. The van der Waals surface area contributed by atoms with Gasteiger partial charge in [0, 0.05) is 30.8 Å². The average molecular weight is 360 g/mol. The van der Waals surface area contributed by atoms with Crippen molar-refractivity contribution in [2.45, 2.75) is 46.1 Å². The molecule has 1 aromatic carbocycles. The van der Waals surface area contributed by atoms with Crippen molar-refractivity contribution in [2.24, 2.45) is 11.8 Å². The lowest BCUT2D eigenvalue weighted by Crippen LogP contribution is -2.38. The van der Waals surface area contributed by atoms with Crippen molar-refractivity contribution in [1.82, 2.24) is 5.32 Å². The van der Waals surface area contributed by atoms with Gasteiger partial charge in [-0.15, -0.1) is 0 Å².